The Labute approximate surface area is 410 Å². The summed E-state index contributed by atoms with van der Waals surface area (Å²) in [5.74, 6) is 0.289. The SMILES string of the molecule is C=C(C)c1cccc(C(C)(C)NC(=O)OCCOc2ccc(/C=C(\C#N)C(=O)OC)cc2OC)c1.C=C(C)c1cccc(C(C)(C)OC#N)c1.COC(=O)/C(C#N)=C/c1ccc(OCCO)c(OC)c1. The van der Waals surface area contributed by atoms with Crippen LogP contribution in [0.3, 0.4) is 0 Å². The molecule has 368 valence electrons. The Morgan fingerprint density at radius 3 is 1.51 bits per heavy atom. The van der Waals surface area contributed by atoms with Crippen LogP contribution in [0, 0.1) is 34.2 Å². The second-order valence-corrected chi connectivity index (χ2v) is 15.9. The molecule has 0 aliphatic rings. The summed E-state index contributed by atoms with van der Waals surface area (Å²) in [4.78, 5) is 35.2. The molecule has 0 atom stereocenters. The topological polar surface area (TPSA) is 229 Å². The molecule has 0 aliphatic carbocycles. The van der Waals surface area contributed by atoms with Gasteiger partial charge in [-0.05, 0) is 123 Å². The quantitative estimate of drug-likeness (QED) is 0.0223. The molecular formula is C54H60N4O12. The largest absolute Gasteiger partial charge is 0.493 e. The fraction of sp³-hybridized carbons (Fsp3) is 0.296. The van der Waals surface area contributed by atoms with Crippen LogP contribution < -0.4 is 24.3 Å². The second-order valence-electron chi connectivity index (χ2n) is 15.9. The van der Waals surface area contributed by atoms with Crippen LogP contribution in [0.15, 0.2) is 109 Å². The summed E-state index contributed by atoms with van der Waals surface area (Å²) in [7, 11) is 5.35. The third-order valence-electron chi connectivity index (χ3n) is 9.81. The molecule has 1 amide bonds. The number of aliphatic hydroxyl groups excluding tert-OH is 1. The van der Waals surface area contributed by atoms with Gasteiger partial charge in [-0.2, -0.15) is 15.8 Å². The molecule has 4 rings (SSSR count). The summed E-state index contributed by atoms with van der Waals surface area (Å²) >= 11 is 0. The number of rotatable bonds is 19. The van der Waals surface area contributed by atoms with E-state index in [0.29, 0.717) is 34.1 Å². The fourth-order valence-corrected chi connectivity index (χ4v) is 5.92. The van der Waals surface area contributed by atoms with E-state index in [9.17, 15) is 14.4 Å². The molecule has 16 nitrogen and oxygen atoms in total. The number of alkyl carbamates (subject to hydrolysis) is 1. The number of nitriles is 3. The van der Waals surface area contributed by atoms with Crippen molar-refractivity contribution in [3.63, 3.8) is 0 Å². The zero-order valence-corrected chi connectivity index (χ0v) is 41.3. The van der Waals surface area contributed by atoms with Crippen LogP contribution in [0.25, 0.3) is 23.3 Å². The number of aliphatic hydroxyl groups is 1. The molecule has 0 saturated heterocycles. The molecule has 0 unspecified atom stereocenters. The average Bonchev–Trinajstić information content (AvgIpc) is 3.35. The minimum absolute atomic E-state index is 0.0133. The number of nitrogens with zero attached hydrogens (tertiary/aromatic N) is 3. The lowest BCUT2D eigenvalue weighted by molar-refractivity contribution is -0.136. The number of benzene rings is 4. The molecule has 16 heteroatoms. The van der Waals surface area contributed by atoms with Gasteiger partial charge >= 0.3 is 18.0 Å². The number of allylic oxidation sites excluding steroid dienone is 2. The second kappa shape index (κ2) is 28.6. The van der Waals surface area contributed by atoms with Crippen LogP contribution in [-0.2, 0) is 39.7 Å². The Hall–Kier alpha value is -8.52. The number of hydrogen-bond acceptors (Lipinski definition) is 15. The fourth-order valence-electron chi connectivity index (χ4n) is 5.92. The maximum Gasteiger partial charge on any atom is 0.407 e. The number of methoxy groups -OCH3 is 4. The van der Waals surface area contributed by atoms with Gasteiger partial charge in [-0.15, -0.1) is 0 Å². The zero-order valence-electron chi connectivity index (χ0n) is 41.3. The van der Waals surface area contributed by atoms with Gasteiger partial charge in [0.25, 0.3) is 6.26 Å². The number of esters is 2. The highest BCUT2D eigenvalue weighted by Gasteiger charge is 2.25. The van der Waals surface area contributed by atoms with Crippen LogP contribution in [0.2, 0.25) is 0 Å². The Morgan fingerprint density at radius 2 is 1.10 bits per heavy atom. The van der Waals surface area contributed by atoms with Gasteiger partial charge in [0.1, 0.15) is 48.7 Å². The van der Waals surface area contributed by atoms with Gasteiger partial charge in [-0.1, -0.05) is 72.8 Å². The monoisotopic (exact) mass is 956 g/mol. The first kappa shape index (κ1) is 57.6. The van der Waals surface area contributed by atoms with Crippen molar-refractivity contribution in [2.75, 3.05) is 54.9 Å². The summed E-state index contributed by atoms with van der Waals surface area (Å²) in [5, 5.41) is 38.1. The molecule has 0 bridgehead atoms. The Balaban J connectivity index is 0.000000403. The minimum atomic E-state index is -0.728. The summed E-state index contributed by atoms with van der Waals surface area (Å²) < 4.78 is 40.8. The molecule has 0 fully saturated rings. The Bertz CT molecular complexity index is 2660. The van der Waals surface area contributed by atoms with Crippen LogP contribution >= 0.6 is 0 Å². The van der Waals surface area contributed by atoms with Crippen molar-refractivity contribution in [2.45, 2.75) is 52.7 Å². The van der Waals surface area contributed by atoms with E-state index in [2.05, 4.69) is 27.9 Å². The van der Waals surface area contributed by atoms with Gasteiger partial charge in [0.15, 0.2) is 23.0 Å². The van der Waals surface area contributed by atoms with Gasteiger partial charge in [0, 0.05) is 0 Å². The number of nitrogens with one attached hydrogen (secondary N) is 1. The van der Waals surface area contributed by atoms with Gasteiger partial charge in [0.2, 0.25) is 0 Å². The van der Waals surface area contributed by atoms with Crippen LogP contribution in [0.1, 0.15) is 74.9 Å². The summed E-state index contributed by atoms with van der Waals surface area (Å²) in [6.07, 6.45) is 3.94. The number of carbonyl (C=O) groups is 3. The molecule has 0 radical (unpaired) electrons. The van der Waals surface area contributed by atoms with E-state index in [1.807, 2.05) is 90.1 Å². The van der Waals surface area contributed by atoms with Gasteiger partial charge in [-0.25, -0.2) is 14.4 Å². The van der Waals surface area contributed by atoms with Crippen molar-refractivity contribution < 1.29 is 57.4 Å². The third-order valence-corrected chi connectivity index (χ3v) is 9.81. The molecule has 4 aromatic rings. The molecule has 0 aromatic heterocycles. The van der Waals surface area contributed by atoms with E-state index in [4.69, 9.17) is 49.3 Å². The summed E-state index contributed by atoms with van der Waals surface area (Å²) in [6, 6.07) is 29.1. The molecule has 2 N–H and O–H groups in total. The summed E-state index contributed by atoms with van der Waals surface area (Å²) in [5.41, 5.74) is 5.59. The van der Waals surface area contributed by atoms with Crippen LogP contribution in [0.4, 0.5) is 4.79 Å². The highest BCUT2D eigenvalue weighted by molar-refractivity contribution is 5.98. The standard InChI is InChI=1S/C27H30N2O6.C14H15NO5.C13H15NO/c1-18(2)20-8-7-9-22(16-20)27(3,4)29-26(31)35-13-12-34-23-11-10-19(15-24(23)32-5)14-21(17-28)25(30)33-6;1-18-13-8-10(3-4-12(13)20-6-5-16)7-11(9-15)14(17)19-2;1-10(2)11-6-5-7-12(8-11)13(3,4)15-9-14/h7-11,14-16H,1,12-13H2,2-6H3,(H,29,31);3-4,7-8,16H,5-6H2,1-2H3;5-8H,1H2,2-4H3/b21-14+;11-7+;. The smallest absolute Gasteiger partial charge is 0.407 e. The lowest BCUT2D eigenvalue weighted by Gasteiger charge is -2.27. The lowest BCUT2D eigenvalue weighted by atomic mass is 9.92. The average molecular weight is 957 g/mol. The first-order valence-electron chi connectivity index (χ1n) is 21.4. The Kier molecular flexibility index (Phi) is 23.5. The number of hydrogen-bond donors (Lipinski definition) is 2. The summed E-state index contributed by atoms with van der Waals surface area (Å²) in [6.45, 7) is 19.4. The van der Waals surface area contributed by atoms with Gasteiger partial charge in [0.05, 0.1) is 40.6 Å². The van der Waals surface area contributed by atoms with Crippen molar-refractivity contribution in [3.05, 3.63) is 143 Å². The van der Waals surface area contributed by atoms with Gasteiger partial charge < -0.3 is 48.3 Å². The zero-order chi connectivity index (χ0) is 52.4. The number of carbonyl (C=O) groups excluding carboxylic acids is 3. The van der Waals surface area contributed by atoms with E-state index in [-0.39, 0.29) is 37.6 Å². The van der Waals surface area contributed by atoms with Crippen LogP contribution in [-0.4, -0.2) is 78.0 Å². The Morgan fingerprint density at radius 1 is 0.643 bits per heavy atom. The molecule has 0 spiro atoms. The third kappa shape index (κ3) is 18.3. The molecule has 0 saturated carbocycles. The maximum atomic E-state index is 12.3. The molecule has 4 aromatic carbocycles. The highest BCUT2D eigenvalue weighted by Crippen LogP contribution is 2.31. The van der Waals surface area contributed by atoms with E-state index in [1.54, 1.807) is 54.8 Å². The first-order chi connectivity index (χ1) is 33.2. The molecule has 0 heterocycles. The predicted molar refractivity (Wildman–Crippen MR) is 265 cm³/mol. The van der Waals surface area contributed by atoms with Gasteiger partial charge in [-0.3, -0.25) is 0 Å². The van der Waals surface area contributed by atoms with Crippen LogP contribution in [0.5, 0.6) is 23.0 Å². The number of ether oxygens (including phenoxy) is 8. The van der Waals surface area contributed by atoms with Crippen molar-refractivity contribution in [1.82, 2.24) is 5.32 Å². The molecular weight excluding hydrogens is 897 g/mol. The van der Waals surface area contributed by atoms with Crippen molar-refractivity contribution >= 4 is 41.3 Å². The normalized spacial score (nSPS) is 10.9. The molecule has 70 heavy (non-hydrogen) atoms. The first-order valence-corrected chi connectivity index (χ1v) is 21.4. The van der Waals surface area contributed by atoms with E-state index < -0.39 is 29.2 Å². The minimum Gasteiger partial charge on any atom is -0.493 e. The maximum absolute atomic E-state index is 12.3. The van der Waals surface area contributed by atoms with Crippen molar-refractivity contribution in [1.29, 1.82) is 15.8 Å². The molecule has 0 aliphatic heterocycles. The van der Waals surface area contributed by atoms with Crippen molar-refractivity contribution in [3.8, 4) is 41.4 Å². The highest BCUT2D eigenvalue weighted by atomic mass is 16.6. The van der Waals surface area contributed by atoms with E-state index in [1.165, 1.54) is 40.6 Å². The van der Waals surface area contributed by atoms with Crippen molar-refractivity contribution in [2.24, 2.45) is 0 Å². The number of amides is 1. The predicted octanol–water partition coefficient (Wildman–Crippen LogP) is 9.45. The van der Waals surface area contributed by atoms with E-state index >= 15 is 0 Å². The van der Waals surface area contributed by atoms with E-state index in [0.717, 1.165) is 33.4 Å². The lowest BCUT2D eigenvalue weighted by Crippen LogP contribution is -2.41.